The van der Waals surface area contributed by atoms with Crippen molar-refractivity contribution in [2.75, 3.05) is 13.1 Å². The number of piperidine rings is 1. The number of carbonyl (C=O) groups is 1. The highest BCUT2D eigenvalue weighted by Gasteiger charge is 2.33. The fourth-order valence-electron chi connectivity index (χ4n) is 3.10. The first-order chi connectivity index (χ1) is 11.5. The third-order valence-corrected chi connectivity index (χ3v) is 7.18. The highest BCUT2D eigenvalue weighted by molar-refractivity contribution is 7.92. The second kappa shape index (κ2) is 7.48. The molecular formula is C20H31NO3S. The van der Waals surface area contributed by atoms with Gasteiger partial charge in [0.15, 0.2) is 9.84 Å². The summed E-state index contributed by atoms with van der Waals surface area (Å²) in [4.78, 5) is 14.3. The van der Waals surface area contributed by atoms with Crippen LogP contribution in [0.15, 0.2) is 24.3 Å². The van der Waals surface area contributed by atoms with Crippen molar-refractivity contribution >= 4 is 15.7 Å². The van der Waals surface area contributed by atoms with Crippen LogP contribution in [-0.4, -0.2) is 37.6 Å². The van der Waals surface area contributed by atoms with Gasteiger partial charge in [-0.15, -0.1) is 0 Å². The molecule has 5 heteroatoms. The first-order valence-electron chi connectivity index (χ1n) is 9.10. The monoisotopic (exact) mass is 365 g/mol. The van der Waals surface area contributed by atoms with Gasteiger partial charge in [-0.2, -0.15) is 0 Å². The topological polar surface area (TPSA) is 54.5 Å². The molecule has 1 fully saturated rings. The number of likely N-dealkylation sites (tertiary alicyclic amines) is 1. The Kier molecular flexibility index (Phi) is 5.97. The van der Waals surface area contributed by atoms with Crippen molar-refractivity contribution < 1.29 is 13.2 Å². The van der Waals surface area contributed by atoms with Gasteiger partial charge in [0.05, 0.1) is 5.75 Å². The van der Waals surface area contributed by atoms with E-state index in [9.17, 15) is 13.2 Å². The van der Waals surface area contributed by atoms with E-state index in [1.54, 1.807) is 4.90 Å². The lowest BCUT2D eigenvalue weighted by molar-refractivity contribution is -0.131. The van der Waals surface area contributed by atoms with Gasteiger partial charge in [0.2, 0.25) is 5.91 Å². The third-order valence-electron chi connectivity index (χ3n) is 5.17. The molecule has 0 aliphatic carbocycles. The molecule has 4 nitrogen and oxygen atoms in total. The summed E-state index contributed by atoms with van der Waals surface area (Å²) in [6.07, 6.45) is 1.90. The van der Waals surface area contributed by atoms with Crippen LogP contribution in [-0.2, 0) is 25.8 Å². The second-order valence-corrected chi connectivity index (χ2v) is 10.7. The molecular weight excluding hydrogens is 334 g/mol. The molecule has 1 amide bonds. The summed E-state index contributed by atoms with van der Waals surface area (Å²) >= 11 is 0. The van der Waals surface area contributed by atoms with Gasteiger partial charge in [-0.25, -0.2) is 8.42 Å². The lowest BCUT2D eigenvalue weighted by atomic mass is 9.87. The minimum atomic E-state index is -3.51. The maximum atomic E-state index is 12.7. The molecule has 1 aliphatic heterocycles. The van der Waals surface area contributed by atoms with Gasteiger partial charge in [0, 0.05) is 13.1 Å². The zero-order valence-corrected chi connectivity index (χ0v) is 16.9. The summed E-state index contributed by atoms with van der Waals surface area (Å²) in [5.41, 5.74) is 1.94. The summed E-state index contributed by atoms with van der Waals surface area (Å²) in [7, 11) is -3.51. The quantitative estimate of drug-likeness (QED) is 0.820. The highest BCUT2D eigenvalue weighted by atomic mass is 32.2. The minimum absolute atomic E-state index is 0.0338. The molecule has 0 saturated carbocycles. The van der Waals surface area contributed by atoms with Crippen LogP contribution < -0.4 is 0 Å². The first-order valence-corrected chi connectivity index (χ1v) is 10.8. The maximum absolute atomic E-state index is 12.7. The van der Waals surface area contributed by atoms with E-state index in [4.69, 9.17) is 0 Å². The Balaban J connectivity index is 2.06. The van der Waals surface area contributed by atoms with Crippen LogP contribution in [0.4, 0.5) is 0 Å². The Morgan fingerprint density at radius 2 is 1.68 bits per heavy atom. The summed E-state index contributed by atoms with van der Waals surface area (Å²) in [6.45, 7) is 11.4. The molecule has 140 valence electrons. The standard InChI is InChI=1S/C20H31NO3S/c1-15-10-12-21(13-11-15)19(22)16(2)25(23,24)14-17-6-8-18(9-7-17)20(3,4)5/h6-9,15-16H,10-14H2,1-5H3. The molecule has 25 heavy (non-hydrogen) atoms. The number of nitrogens with zero attached hydrogens (tertiary/aromatic N) is 1. The average molecular weight is 366 g/mol. The number of sulfone groups is 1. The molecule has 0 radical (unpaired) electrons. The van der Waals surface area contributed by atoms with Crippen LogP contribution >= 0.6 is 0 Å². The van der Waals surface area contributed by atoms with Crippen molar-refractivity contribution in [3.63, 3.8) is 0 Å². The number of amides is 1. The van der Waals surface area contributed by atoms with Crippen LogP contribution in [0, 0.1) is 5.92 Å². The van der Waals surface area contributed by atoms with E-state index in [0.29, 0.717) is 19.0 Å². The van der Waals surface area contributed by atoms with Crippen LogP contribution in [0.1, 0.15) is 58.6 Å². The van der Waals surface area contributed by atoms with Gasteiger partial charge in [0.1, 0.15) is 5.25 Å². The molecule has 0 spiro atoms. The van der Waals surface area contributed by atoms with Gasteiger partial charge < -0.3 is 4.90 Å². The lowest BCUT2D eigenvalue weighted by Gasteiger charge is -2.32. The summed E-state index contributed by atoms with van der Waals surface area (Å²) < 4.78 is 25.4. The van der Waals surface area contributed by atoms with E-state index >= 15 is 0 Å². The Morgan fingerprint density at radius 1 is 1.16 bits per heavy atom. The van der Waals surface area contributed by atoms with E-state index in [2.05, 4.69) is 27.7 Å². The van der Waals surface area contributed by atoms with E-state index in [1.807, 2.05) is 24.3 Å². The first kappa shape index (κ1) is 20.0. The van der Waals surface area contributed by atoms with Gasteiger partial charge in [0.25, 0.3) is 0 Å². The summed E-state index contributed by atoms with van der Waals surface area (Å²) in [5.74, 6) is 0.268. The van der Waals surface area contributed by atoms with Crippen molar-refractivity contribution in [1.82, 2.24) is 4.90 Å². The lowest BCUT2D eigenvalue weighted by Crippen LogP contribution is -2.45. The zero-order valence-electron chi connectivity index (χ0n) is 16.1. The van der Waals surface area contributed by atoms with Crippen molar-refractivity contribution in [2.24, 2.45) is 5.92 Å². The SMILES string of the molecule is CC1CCN(C(=O)C(C)S(=O)(=O)Cc2ccc(C(C)(C)C)cc2)CC1. The highest BCUT2D eigenvalue weighted by Crippen LogP contribution is 2.24. The fourth-order valence-corrected chi connectivity index (χ4v) is 4.46. The normalized spacial score (nSPS) is 18.2. The number of rotatable bonds is 4. The van der Waals surface area contributed by atoms with Gasteiger partial charge >= 0.3 is 0 Å². The molecule has 1 aromatic carbocycles. The molecule has 1 aromatic rings. The Hall–Kier alpha value is -1.36. The Labute approximate surface area is 152 Å². The van der Waals surface area contributed by atoms with Crippen LogP contribution in [0.3, 0.4) is 0 Å². The molecule has 1 aliphatic rings. The minimum Gasteiger partial charge on any atom is -0.342 e. The Bertz CT molecular complexity index is 693. The largest absolute Gasteiger partial charge is 0.342 e. The summed E-state index contributed by atoms with van der Waals surface area (Å²) in [5, 5.41) is -0.983. The fraction of sp³-hybridized carbons (Fsp3) is 0.650. The number of carbonyl (C=O) groups excluding carboxylic acids is 1. The van der Waals surface area contributed by atoms with Gasteiger partial charge in [-0.1, -0.05) is 52.0 Å². The van der Waals surface area contributed by atoms with E-state index in [1.165, 1.54) is 12.5 Å². The predicted octanol–water partition coefficient (Wildman–Crippen LogP) is 3.55. The number of hydrogen-bond donors (Lipinski definition) is 0. The van der Waals surface area contributed by atoms with Crippen LogP contribution in [0.5, 0.6) is 0 Å². The molecule has 0 bridgehead atoms. The second-order valence-electron chi connectivity index (χ2n) is 8.40. The van der Waals surface area contributed by atoms with Crippen molar-refractivity contribution in [1.29, 1.82) is 0 Å². The van der Waals surface area contributed by atoms with E-state index < -0.39 is 15.1 Å². The maximum Gasteiger partial charge on any atom is 0.240 e. The molecule has 1 unspecified atom stereocenters. The summed E-state index contributed by atoms with van der Waals surface area (Å²) in [6, 6.07) is 7.67. The van der Waals surface area contributed by atoms with Crippen LogP contribution in [0.25, 0.3) is 0 Å². The molecule has 0 N–H and O–H groups in total. The smallest absolute Gasteiger partial charge is 0.240 e. The Morgan fingerprint density at radius 3 is 2.16 bits per heavy atom. The molecule has 1 saturated heterocycles. The van der Waals surface area contributed by atoms with Crippen molar-refractivity contribution in [2.45, 2.75) is 63.9 Å². The number of hydrogen-bond acceptors (Lipinski definition) is 3. The number of benzene rings is 1. The molecule has 0 aromatic heterocycles. The van der Waals surface area contributed by atoms with E-state index in [-0.39, 0.29) is 17.1 Å². The zero-order chi connectivity index (χ0) is 18.8. The third kappa shape index (κ3) is 5.06. The van der Waals surface area contributed by atoms with E-state index in [0.717, 1.165) is 18.4 Å². The predicted molar refractivity (Wildman–Crippen MR) is 102 cm³/mol. The van der Waals surface area contributed by atoms with Gasteiger partial charge in [-0.05, 0) is 42.2 Å². The average Bonchev–Trinajstić information content (AvgIpc) is 2.53. The van der Waals surface area contributed by atoms with Gasteiger partial charge in [-0.3, -0.25) is 4.79 Å². The molecule has 1 atom stereocenters. The van der Waals surface area contributed by atoms with Crippen LogP contribution in [0.2, 0.25) is 0 Å². The van der Waals surface area contributed by atoms with Crippen molar-refractivity contribution in [3.8, 4) is 0 Å². The molecule has 2 rings (SSSR count). The van der Waals surface area contributed by atoms with Crippen molar-refractivity contribution in [3.05, 3.63) is 35.4 Å². The molecule has 1 heterocycles.